The van der Waals surface area contributed by atoms with Gasteiger partial charge in [0.2, 0.25) is 0 Å². The summed E-state index contributed by atoms with van der Waals surface area (Å²) >= 11 is 0. The zero-order valence-electron chi connectivity index (χ0n) is 19.6. The highest BCUT2D eigenvalue weighted by Gasteiger charge is 2.32. The van der Waals surface area contributed by atoms with Crippen LogP contribution < -0.4 is 10.6 Å². The van der Waals surface area contributed by atoms with Gasteiger partial charge < -0.3 is 5.11 Å². The third kappa shape index (κ3) is 4.13. The molecule has 0 radical (unpaired) electrons. The summed E-state index contributed by atoms with van der Waals surface area (Å²) < 4.78 is 3.56. The average molecular weight is 471 g/mol. The quantitative estimate of drug-likeness (QED) is 0.316. The van der Waals surface area contributed by atoms with Crippen LogP contribution in [0.3, 0.4) is 0 Å². The number of hydrogen-bond acceptors (Lipinski definition) is 7. The van der Waals surface area contributed by atoms with E-state index in [9.17, 15) is 9.90 Å². The van der Waals surface area contributed by atoms with Crippen molar-refractivity contribution in [1.29, 1.82) is 0 Å². The Bertz CT molecular complexity index is 1490. The van der Waals surface area contributed by atoms with Gasteiger partial charge in [-0.2, -0.15) is 0 Å². The summed E-state index contributed by atoms with van der Waals surface area (Å²) in [7, 11) is 1.87. The molecule has 5 rings (SSSR count). The minimum Gasteiger partial charge on any atom is -0.480 e. The van der Waals surface area contributed by atoms with Crippen molar-refractivity contribution in [2.45, 2.75) is 31.7 Å². The maximum absolute atomic E-state index is 11.9. The van der Waals surface area contributed by atoms with Gasteiger partial charge in [0.1, 0.15) is 28.9 Å². The number of carboxylic acids is 1. The second-order valence-electron chi connectivity index (χ2n) is 8.88. The van der Waals surface area contributed by atoms with E-state index in [1.807, 2.05) is 84.5 Å². The lowest BCUT2D eigenvalue weighted by atomic mass is 10.0. The Morgan fingerprint density at radius 2 is 1.26 bits per heavy atom. The van der Waals surface area contributed by atoms with E-state index in [2.05, 4.69) is 31.3 Å². The van der Waals surface area contributed by atoms with Crippen LogP contribution in [0.15, 0.2) is 72.8 Å². The number of carbonyl (C=O) groups is 1. The highest BCUT2D eigenvalue weighted by Crippen LogP contribution is 2.26. The Balaban J connectivity index is 1.54. The van der Waals surface area contributed by atoms with Crippen molar-refractivity contribution in [1.82, 2.24) is 40.6 Å². The van der Waals surface area contributed by atoms with Crippen molar-refractivity contribution in [3.8, 4) is 0 Å². The highest BCUT2D eigenvalue weighted by molar-refractivity contribution is 5.78. The molecule has 2 heterocycles. The zero-order chi connectivity index (χ0) is 24.6. The van der Waals surface area contributed by atoms with E-state index in [4.69, 9.17) is 0 Å². The molecule has 0 aliphatic carbocycles. The molecule has 5 aromatic rings. The number of carboxylic acid groups (broad SMARTS) is 1. The molecular weight excluding hydrogens is 444 g/mol. The smallest absolute Gasteiger partial charge is 0.323 e. The Morgan fingerprint density at radius 3 is 1.74 bits per heavy atom. The van der Waals surface area contributed by atoms with E-state index >= 15 is 0 Å². The fraction of sp³-hybridized carbons (Fsp3) is 0.240. The minimum absolute atomic E-state index is 0.231. The summed E-state index contributed by atoms with van der Waals surface area (Å²) in [4.78, 5) is 11.9. The van der Waals surface area contributed by atoms with Crippen LogP contribution in [-0.2, 0) is 4.79 Å². The Labute approximate surface area is 201 Å². The molecule has 2 unspecified atom stereocenters. The molecular formula is C25H26N8O2. The lowest BCUT2D eigenvalue weighted by molar-refractivity contribution is -0.143. The molecule has 0 saturated carbocycles. The van der Waals surface area contributed by atoms with Gasteiger partial charge in [0.05, 0.1) is 11.0 Å². The number of aliphatic carboxylic acids is 1. The van der Waals surface area contributed by atoms with Crippen molar-refractivity contribution in [2.24, 2.45) is 0 Å². The Kier molecular flexibility index (Phi) is 5.75. The van der Waals surface area contributed by atoms with Crippen LogP contribution in [0.5, 0.6) is 0 Å². The van der Waals surface area contributed by atoms with E-state index in [1.54, 1.807) is 18.5 Å². The molecule has 0 fully saturated rings. The van der Waals surface area contributed by atoms with Crippen LogP contribution in [0.1, 0.15) is 37.3 Å². The minimum atomic E-state index is -1.20. The van der Waals surface area contributed by atoms with Crippen molar-refractivity contribution in [2.75, 3.05) is 7.05 Å². The highest BCUT2D eigenvalue weighted by atomic mass is 16.4. The summed E-state index contributed by atoms with van der Waals surface area (Å²) in [6.07, 6.45) is -0.784. The van der Waals surface area contributed by atoms with Crippen LogP contribution in [0, 0.1) is 0 Å². The van der Waals surface area contributed by atoms with Crippen molar-refractivity contribution >= 4 is 28.0 Å². The van der Waals surface area contributed by atoms with Crippen LogP contribution in [0.25, 0.3) is 22.1 Å². The Morgan fingerprint density at radius 1 is 0.800 bits per heavy atom. The van der Waals surface area contributed by atoms with E-state index in [0.717, 1.165) is 33.2 Å². The van der Waals surface area contributed by atoms with Gasteiger partial charge in [-0.25, -0.2) is 9.36 Å². The SMILES string of the molecule is CNC(c1ccc(C(NC(C)(C)C(=O)O)n2nnc3ccccc32)cc1)n1nnc2ccccc21. The molecule has 35 heavy (non-hydrogen) atoms. The van der Waals surface area contributed by atoms with E-state index in [0.29, 0.717) is 0 Å². The standard InChI is InChI=1S/C25H26N8O2/c1-25(2,24(34)35)27-23(33-21-11-7-5-9-19(21)29-31-33)17-14-12-16(13-15-17)22(26-3)32-20-10-6-4-8-18(20)28-30-32/h4-15,22-23,26-27H,1-3H3,(H,34,35). The van der Waals surface area contributed by atoms with Gasteiger partial charge in [-0.3, -0.25) is 15.4 Å². The normalized spacial score (nSPS) is 13.8. The third-order valence-corrected chi connectivity index (χ3v) is 6.12. The lowest BCUT2D eigenvalue weighted by Crippen LogP contribution is -2.50. The first-order chi connectivity index (χ1) is 16.9. The fourth-order valence-electron chi connectivity index (χ4n) is 4.14. The number of hydrogen-bond donors (Lipinski definition) is 3. The number of rotatable bonds is 8. The summed E-state index contributed by atoms with van der Waals surface area (Å²) in [6.45, 7) is 3.26. The first-order valence-electron chi connectivity index (χ1n) is 11.3. The van der Waals surface area contributed by atoms with E-state index in [1.165, 1.54) is 0 Å². The number of aromatic nitrogens is 6. The number of nitrogens with zero attached hydrogens (tertiary/aromatic N) is 6. The van der Waals surface area contributed by atoms with Gasteiger partial charge in [0.25, 0.3) is 0 Å². The second kappa shape index (κ2) is 8.90. The summed E-state index contributed by atoms with van der Waals surface area (Å²) in [5, 5.41) is 33.5. The van der Waals surface area contributed by atoms with E-state index in [-0.39, 0.29) is 6.17 Å². The first kappa shape index (κ1) is 22.6. The average Bonchev–Trinajstić information content (AvgIpc) is 3.48. The fourth-order valence-corrected chi connectivity index (χ4v) is 4.14. The maximum atomic E-state index is 11.9. The summed E-state index contributed by atoms with van der Waals surface area (Å²) in [5.41, 5.74) is 3.90. The number of para-hydroxylation sites is 2. The third-order valence-electron chi connectivity index (χ3n) is 6.12. The number of benzene rings is 3. The molecule has 3 aromatic carbocycles. The van der Waals surface area contributed by atoms with E-state index < -0.39 is 17.7 Å². The topological polar surface area (TPSA) is 123 Å². The molecule has 0 saturated heterocycles. The van der Waals surface area contributed by atoms with Gasteiger partial charge in [0.15, 0.2) is 0 Å². The molecule has 2 atom stereocenters. The van der Waals surface area contributed by atoms with Gasteiger partial charge in [-0.15, -0.1) is 10.2 Å². The van der Waals surface area contributed by atoms with Crippen molar-refractivity contribution < 1.29 is 9.90 Å². The first-order valence-corrected chi connectivity index (χ1v) is 11.3. The molecule has 0 spiro atoms. The summed E-state index contributed by atoms with van der Waals surface area (Å²) in [6, 6.07) is 23.3. The van der Waals surface area contributed by atoms with Gasteiger partial charge in [-0.05, 0) is 56.3 Å². The molecule has 10 nitrogen and oxygen atoms in total. The van der Waals surface area contributed by atoms with Gasteiger partial charge in [0, 0.05) is 0 Å². The monoisotopic (exact) mass is 470 g/mol. The molecule has 0 aliphatic rings. The van der Waals surface area contributed by atoms with Crippen molar-refractivity contribution in [3.63, 3.8) is 0 Å². The molecule has 3 N–H and O–H groups in total. The van der Waals surface area contributed by atoms with Gasteiger partial charge in [-0.1, -0.05) is 59.0 Å². The largest absolute Gasteiger partial charge is 0.480 e. The van der Waals surface area contributed by atoms with Crippen molar-refractivity contribution in [3.05, 3.63) is 83.9 Å². The van der Waals surface area contributed by atoms with Crippen LogP contribution >= 0.6 is 0 Å². The molecule has 178 valence electrons. The Hall–Kier alpha value is -4.15. The zero-order valence-corrected chi connectivity index (χ0v) is 19.6. The lowest BCUT2D eigenvalue weighted by Gasteiger charge is -2.29. The number of nitrogens with one attached hydrogen (secondary N) is 2. The predicted molar refractivity (Wildman–Crippen MR) is 132 cm³/mol. The molecule has 0 bridgehead atoms. The molecule has 0 aliphatic heterocycles. The second-order valence-corrected chi connectivity index (χ2v) is 8.88. The summed E-state index contributed by atoms with van der Waals surface area (Å²) in [5.74, 6) is -0.961. The maximum Gasteiger partial charge on any atom is 0.323 e. The van der Waals surface area contributed by atoms with Crippen LogP contribution in [0.4, 0.5) is 0 Å². The number of fused-ring (bicyclic) bond motifs is 2. The van der Waals surface area contributed by atoms with Crippen LogP contribution in [-0.4, -0.2) is 53.7 Å². The molecule has 2 aromatic heterocycles. The predicted octanol–water partition coefficient (Wildman–Crippen LogP) is 2.94. The van der Waals surface area contributed by atoms with Gasteiger partial charge >= 0.3 is 5.97 Å². The molecule has 10 heteroatoms. The molecule has 0 amide bonds. The van der Waals surface area contributed by atoms with Crippen LogP contribution in [0.2, 0.25) is 0 Å².